The molecule has 0 saturated heterocycles. The topological polar surface area (TPSA) is 27.7 Å². The third kappa shape index (κ3) is 4.85. The molecule has 1 fully saturated rings. The van der Waals surface area contributed by atoms with Crippen LogP contribution in [-0.4, -0.2) is 20.5 Å². The SMILES string of the molecule is COc1ccc(C2(c3ccc(OC)cc3)C=Cc3c4c(c5cc(C)c(SC)cc5c3O2)-c2ccccc2C42CC(C)(C)CC(C)(C)C2)cc1. The van der Waals surface area contributed by atoms with Crippen LogP contribution in [0.4, 0.5) is 0 Å². The number of rotatable bonds is 5. The van der Waals surface area contributed by atoms with E-state index < -0.39 is 5.60 Å². The van der Waals surface area contributed by atoms with Crippen LogP contribution >= 0.6 is 11.8 Å². The molecule has 0 atom stereocenters. The second kappa shape index (κ2) is 11.2. The molecule has 0 unspecified atom stereocenters. The van der Waals surface area contributed by atoms with E-state index in [-0.39, 0.29) is 16.2 Å². The molecule has 49 heavy (non-hydrogen) atoms. The van der Waals surface area contributed by atoms with E-state index in [1.54, 1.807) is 26.0 Å². The minimum atomic E-state index is -0.860. The standard InChI is InChI=1S/C45H46O3S/c1-28-23-35-36(24-38(28)49-8)41-34(40-39(35)33-11-9-10-12-37(33)44(40)26-42(2,3)25-43(4,5)27-44)21-22-45(48-41,29-13-17-31(46-6)18-14-29)30-15-19-32(47-7)20-16-30/h9-24H,25-27H2,1-8H3. The zero-order chi connectivity index (χ0) is 34.3. The summed E-state index contributed by atoms with van der Waals surface area (Å²) < 4.78 is 18.8. The minimum absolute atomic E-state index is 0.130. The Morgan fingerprint density at radius 3 is 1.88 bits per heavy atom. The highest BCUT2D eigenvalue weighted by atomic mass is 32.2. The smallest absolute Gasteiger partial charge is 0.178 e. The van der Waals surface area contributed by atoms with Crippen molar-refractivity contribution in [1.82, 2.24) is 0 Å². The predicted molar refractivity (Wildman–Crippen MR) is 205 cm³/mol. The summed E-state index contributed by atoms with van der Waals surface area (Å²) in [6.07, 6.45) is 10.3. The Morgan fingerprint density at radius 1 is 0.714 bits per heavy atom. The van der Waals surface area contributed by atoms with Gasteiger partial charge in [0.25, 0.3) is 0 Å². The highest BCUT2D eigenvalue weighted by molar-refractivity contribution is 7.98. The molecule has 0 amide bonds. The summed E-state index contributed by atoms with van der Waals surface area (Å²) in [4.78, 5) is 1.27. The second-order valence-corrected chi connectivity index (χ2v) is 16.8. The van der Waals surface area contributed by atoms with Crippen LogP contribution < -0.4 is 14.2 Å². The maximum absolute atomic E-state index is 7.68. The summed E-state index contributed by atoms with van der Waals surface area (Å²) >= 11 is 1.80. The number of thioether (sulfide) groups is 1. The molecule has 5 aromatic rings. The molecule has 2 aliphatic carbocycles. The molecule has 1 saturated carbocycles. The van der Waals surface area contributed by atoms with Crippen molar-refractivity contribution in [3.63, 3.8) is 0 Å². The summed E-state index contributed by atoms with van der Waals surface area (Å²) in [5.41, 5.74) is 9.66. The molecule has 8 rings (SSSR count). The van der Waals surface area contributed by atoms with Gasteiger partial charge in [-0.15, -0.1) is 11.8 Å². The van der Waals surface area contributed by atoms with Crippen molar-refractivity contribution in [3.8, 4) is 28.4 Å². The van der Waals surface area contributed by atoms with E-state index in [9.17, 15) is 0 Å². The summed E-state index contributed by atoms with van der Waals surface area (Å²) in [5.74, 6) is 2.60. The van der Waals surface area contributed by atoms with Crippen molar-refractivity contribution < 1.29 is 14.2 Å². The first kappa shape index (κ1) is 32.1. The van der Waals surface area contributed by atoms with Crippen molar-refractivity contribution in [3.05, 3.63) is 124 Å². The van der Waals surface area contributed by atoms with Crippen molar-refractivity contribution in [2.24, 2.45) is 10.8 Å². The molecule has 0 bridgehead atoms. The highest BCUT2D eigenvalue weighted by Gasteiger charge is 2.55. The van der Waals surface area contributed by atoms with Gasteiger partial charge in [-0.05, 0) is 119 Å². The van der Waals surface area contributed by atoms with E-state index in [2.05, 4.69) is 114 Å². The molecule has 250 valence electrons. The summed E-state index contributed by atoms with van der Waals surface area (Å²) in [6.45, 7) is 12.2. The fourth-order valence-electron chi connectivity index (χ4n) is 10.2. The van der Waals surface area contributed by atoms with Crippen molar-refractivity contribution >= 4 is 28.6 Å². The number of benzene rings is 5. The summed E-state index contributed by atoms with van der Waals surface area (Å²) in [5, 5.41) is 2.45. The minimum Gasteiger partial charge on any atom is -0.497 e. The number of hydrogen-bond acceptors (Lipinski definition) is 4. The zero-order valence-electron chi connectivity index (χ0n) is 30.0. The molecule has 1 heterocycles. The Balaban J connectivity index is 1.48. The lowest BCUT2D eigenvalue weighted by Gasteiger charge is -2.52. The lowest BCUT2D eigenvalue weighted by molar-refractivity contribution is 0.0642. The average Bonchev–Trinajstić information content (AvgIpc) is 3.35. The third-order valence-electron chi connectivity index (χ3n) is 11.3. The number of fused-ring (bicyclic) bond motifs is 10. The molecule has 5 aromatic carbocycles. The van der Waals surface area contributed by atoms with Crippen molar-refractivity contribution in [2.45, 2.75) is 69.8 Å². The van der Waals surface area contributed by atoms with Crippen LogP contribution in [0.1, 0.15) is 80.3 Å². The van der Waals surface area contributed by atoms with E-state index in [1.807, 2.05) is 24.3 Å². The Kier molecular flexibility index (Phi) is 7.32. The van der Waals surface area contributed by atoms with Gasteiger partial charge in [-0.1, -0.05) is 82.3 Å². The molecular weight excluding hydrogens is 621 g/mol. The van der Waals surface area contributed by atoms with E-state index in [0.29, 0.717) is 0 Å². The average molecular weight is 667 g/mol. The highest BCUT2D eigenvalue weighted by Crippen LogP contribution is 2.67. The molecule has 3 aliphatic rings. The van der Waals surface area contributed by atoms with E-state index in [4.69, 9.17) is 14.2 Å². The van der Waals surface area contributed by atoms with E-state index in [1.165, 1.54) is 55.5 Å². The van der Waals surface area contributed by atoms with Gasteiger partial charge >= 0.3 is 0 Å². The quantitative estimate of drug-likeness (QED) is 0.175. The lowest BCUT2D eigenvalue weighted by atomic mass is 9.52. The normalized spacial score (nSPS) is 18.8. The third-order valence-corrected chi connectivity index (χ3v) is 12.2. The second-order valence-electron chi connectivity index (χ2n) is 16.0. The molecular formula is C45H46O3S. The predicted octanol–water partition coefficient (Wildman–Crippen LogP) is 11.7. The maximum Gasteiger partial charge on any atom is 0.178 e. The Labute approximate surface area is 295 Å². The van der Waals surface area contributed by atoms with Gasteiger partial charge in [-0.25, -0.2) is 0 Å². The number of aryl methyl sites for hydroxylation is 1. The maximum atomic E-state index is 7.68. The van der Waals surface area contributed by atoms with Gasteiger partial charge in [-0.2, -0.15) is 0 Å². The Morgan fingerprint density at radius 2 is 1.31 bits per heavy atom. The van der Waals surface area contributed by atoms with Crippen LogP contribution in [0.15, 0.2) is 95.9 Å². The molecule has 0 aromatic heterocycles. The fourth-order valence-corrected chi connectivity index (χ4v) is 10.8. The Hall–Kier alpha value is -4.15. The van der Waals surface area contributed by atoms with Crippen molar-refractivity contribution in [1.29, 1.82) is 0 Å². The number of ether oxygens (including phenoxy) is 3. The van der Waals surface area contributed by atoms with E-state index >= 15 is 0 Å². The molecule has 0 radical (unpaired) electrons. The zero-order valence-corrected chi connectivity index (χ0v) is 30.8. The van der Waals surface area contributed by atoms with E-state index in [0.717, 1.165) is 41.2 Å². The largest absolute Gasteiger partial charge is 0.497 e. The van der Waals surface area contributed by atoms with Crippen molar-refractivity contribution in [2.75, 3.05) is 20.5 Å². The first-order valence-corrected chi connectivity index (χ1v) is 18.6. The van der Waals surface area contributed by atoms with Crippen LogP contribution in [0.2, 0.25) is 0 Å². The van der Waals surface area contributed by atoms with Gasteiger partial charge in [0.1, 0.15) is 17.2 Å². The van der Waals surface area contributed by atoms with Crippen LogP contribution in [0.5, 0.6) is 17.2 Å². The van der Waals surface area contributed by atoms with Crippen LogP contribution in [-0.2, 0) is 11.0 Å². The number of hydrogen-bond donors (Lipinski definition) is 0. The first-order valence-electron chi connectivity index (χ1n) is 17.4. The summed E-state index contributed by atoms with van der Waals surface area (Å²) in [7, 11) is 3.42. The first-order chi connectivity index (χ1) is 23.4. The van der Waals surface area contributed by atoms with Crippen LogP contribution in [0.25, 0.3) is 28.0 Å². The van der Waals surface area contributed by atoms with Gasteiger partial charge in [0, 0.05) is 32.4 Å². The van der Waals surface area contributed by atoms with Gasteiger partial charge in [0.15, 0.2) is 5.60 Å². The molecule has 0 N–H and O–H groups in total. The number of methoxy groups -OCH3 is 2. The summed E-state index contributed by atoms with van der Waals surface area (Å²) in [6, 6.07) is 30.7. The van der Waals surface area contributed by atoms with Gasteiger partial charge in [0.05, 0.1) is 14.2 Å². The van der Waals surface area contributed by atoms with Crippen LogP contribution in [0, 0.1) is 17.8 Å². The molecule has 1 spiro atoms. The lowest BCUT2D eigenvalue weighted by Crippen LogP contribution is -2.44. The van der Waals surface area contributed by atoms with Gasteiger partial charge in [0.2, 0.25) is 0 Å². The molecule has 1 aliphatic heterocycles. The van der Waals surface area contributed by atoms with Crippen LogP contribution in [0.3, 0.4) is 0 Å². The Bertz CT molecular complexity index is 2070. The van der Waals surface area contributed by atoms with Gasteiger partial charge < -0.3 is 14.2 Å². The van der Waals surface area contributed by atoms with Gasteiger partial charge in [-0.3, -0.25) is 0 Å². The molecule has 4 heteroatoms. The fraction of sp³-hybridized carbons (Fsp3) is 0.333. The monoisotopic (exact) mass is 666 g/mol. The molecule has 3 nitrogen and oxygen atoms in total.